The van der Waals surface area contributed by atoms with Gasteiger partial charge in [-0.05, 0) is 30.3 Å². The molecule has 3 aromatic carbocycles. The fourth-order valence-corrected chi connectivity index (χ4v) is 3.27. The van der Waals surface area contributed by atoms with Gasteiger partial charge in [-0.15, -0.1) is 0 Å². The second kappa shape index (κ2) is 6.25. The Morgan fingerprint density at radius 2 is 1.52 bits per heavy atom. The maximum Gasteiger partial charge on any atom is 0.227 e. The fourth-order valence-electron chi connectivity index (χ4n) is 3.27. The third-order valence-corrected chi connectivity index (χ3v) is 4.60. The van der Waals surface area contributed by atoms with Crippen molar-refractivity contribution in [1.82, 2.24) is 9.97 Å². The Morgan fingerprint density at radius 1 is 0.778 bits per heavy atom. The molecule has 3 nitrogen and oxygen atoms in total. The second-order valence-corrected chi connectivity index (χ2v) is 6.32. The number of oxazole rings is 1. The van der Waals surface area contributed by atoms with E-state index in [9.17, 15) is 4.39 Å². The van der Waals surface area contributed by atoms with E-state index in [1.807, 2.05) is 54.7 Å². The Hall–Kier alpha value is -3.66. The summed E-state index contributed by atoms with van der Waals surface area (Å²) in [5.74, 6) is 0.874. The average molecular weight is 354 g/mol. The van der Waals surface area contributed by atoms with Crippen molar-refractivity contribution in [3.05, 3.63) is 90.9 Å². The minimum absolute atomic E-state index is 0.287. The molecule has 0 unspecified atom stereocenters. The molecule has 1 N–H and O–H groups in total. The summed E-state index contributed by atoms with van der Waals surface area (Å²) in [6.07, 6.45) is 1.95. The minimum Gasteiger partial charge on any atom is -0.435 e. The monoisotopic (exact) mass is 354 g/mol. The molecule has 0 aliphatic rings. The van der Waals surface area contributed by atoms with Crippen LogP contribution in [0, 0.1) is 5.82 Å². The van der Waals surface area contributed by atoms with Crippen molar-refractivity contribution in [2.45, 2.75) is 0 Å². The predicted octanol–water partition coefficient (Wildman–Crippen LogP) is 6.30. The predicted molar refractivity (Wildman–Crippen MR) is 105 cm³/mol. The highest BCUT2D eigenvalue weighted by atomic mass is 19.1. The number of fused-ring (bicyclic) bond motifs is 1. The van der Waals surface area contributed by atoms with E-state index in [-0.39, 0.29) is 5.82 Å². The van der Waals surface area contributed by atoms with Gasteiger partial charge in [-0.1, -0.05) is 48.5 Å². The third-order valence-electron chi connectivity index (χ3n) is 4.60. The molecule has 0 amide bonds. The number of halogens is 1. The average Bonchev–Trinajstić information content (AvgIpc) is 3.33. The molecule has 0 aliphatic carbocycles. The van der Waals surface area contributed by atoms with Gasteiger partial charge in [0.15, 0.2) is 5.76 Å². The van der Waals surface area contributed by atoms with Crippen molar-refractivity contribution in [3.63, 3.8) is 0 Å². The molecule has 4 heteroatoms. The van der Waals surface area contributed by atoms with Crippen LogP contribution in [0.25, 0.3) is 44.9 Å². The molecule has 5 rings (SSSR count). The van der Waals surface area contributed by atoms with Crippen molar-refractivity contribution in [2.75, 3.05) is 0 Å². The summed E-state index contributed by atoms with van der Waals surface area (Å²) >= 11 is 0. The van der Waals surface area contributed by atoms with Crippen molar-refractivity contribution < 1.29 is 8.81 Å². The second-order valence-electron chi connectivity index (χ2n) is 6.32. The largest absolute Gasteiger partial charge is 0.435 e. The van der Waals surface area contributed by atoms with Crippen LogP contribution >= 0.6 is 0 Å². The van der Waals surface area contributed by atoms with E-state index < -0.39 is 0 Å². The van der Waals surface area contributed by atoms with Crippen LogP contribution in [-0.4, -0.2) is 9.97 Å². The summed E-state index contributed by atoms with van der Waals surface area (Å²) in [6.45, 7) is 0. The summed E-state index contributed by atoms with van der Waals surface area (Å²) in [5.41, 5.74) is 4.45. The molecule has 0 spiro atoms. The molecule has 0 radical (unpaired) electrons. The van der Waals surface area contributed by atoms with Gasteiger partial charge in [0.1, 0.15) is 11.5 Å². The zero-order chi connectivity index (χ0) is 18.2. The number of H-pyrrole nitrogens is 1. The fraction of sp³-hybridized carbons (Fsp3) is 0. The Morgan fingerprint density at radius 3 is 2.33 bits per heavy atom. The Labute approximate surface area is 155 Å². The van der Waals surface area contributed by atoms with Crippen LogP contribution in [-0.2, 0) is 0 Å². The van der Waals surface area contributed by atoms with E-state index in [1.165, 1.54) is 12.1 Å². The molecule has 27 heavy (non-hydrogen) atoms. The van der Waals surface area contributed by atoms with Gasteiger partial charge in [0, 0.05) is 33.8 Å². The molecule has 2 aromatic heterocycles. The lowest BCUT2D eigenvalue weighted by Crippen LogP contribution is -1.82. The van der Waals surface area contributed by atoms with Crippen molar-refractivity contribution in [2.24, 2.45) is 0 Å². The molecule has 2 heterocycles. The summed E-state index contributed by atoms with van der Waals surface area (Å²) in [5, 5.41) is 1.08. The van der Waals surface area contributed by atoms with Gasteiger partial charge in [-0.2, -0.15) is 0 Å². The molecule has 0 saturated heterocycles. The van der Waals surface area contributed by atoms with Crippen molar-refractivity contribution >= 4 is 10.9 Å². The summed E-state index contributed by atoms with van der Waals surface area (Å²) in [4.78, 5) is 8.06. The highest BCUT2D eigenvalue weighted by Crippen LogP contribution is 2.38. The van der Waals surface area contributed by atoms with Gasteiger partial charge < -0.3 is 9.40 Å². The first-order valence-electron chi connectivity index (χ1n) is 8.68. The number of hydrogen-bond acceptors (Lipinski definition) is 2. The van der Waals surface area contributed by atoms with E-state index in [4.69, 9.17) is 9.40 Å². The van der Waals surface area contributed by atoms with E-state index in [0.29, 0.717) is 11.7 Å². The lowest BCUT2D eigenvalue weighted by atomic mass is 10.1. The topological polar surface area (TPSA) is 41.8 Å². The minimum atomic E-state index is -0.287. The highest BCUT2D eigenvalue weighted by molar-refractivity contribution is 5.97. The molecule has 0 fully saturated rings. The highest BCUT2D eigenvalue weighted by Gasteiger charge is 2.20. The molecular weight excluding hydrogens is 339 g/mol. The van der Waals surface area contributed by atoms with Crippen LogP contribution in [0.4, 0.5) is 4.39 Å². The van der Waals surface area contributed by atoms with E-state index >= 15 is 0 Å². The lowest BCUT2D eigenvalue weighted by molar-refractivity contribution is 0.588. The van der Waals surface area contributed by atoms with Crippen molar-refractivity contribution in [1.29, 1.82) is 0 Å². The summed E-state index contributed by atoms with van der Waals surface area (Å²) in [7, 11) is 0. The first kappa shape index (κ1) is 15.6. The van der Waals surface area contributed by atoms with E-state index in [0.717, 1.165) is 33.3 Å². The SMILES string of the molecule is Fc1ccc(-c2nc(-c3c[nH]c4ccccc34)c(-c3ccccc3)o2)cc1. The molecule has 0 saturated carbocycles. The van der Waals surface area contributed by atoms with Gasteiger partial charge >= 0.3 is 0 Å². The number of hydrogen-bond donors (Lipinski definition) is 1. The lowest BCUT2D eigenvalue weighted by Gasteiger charge is -2.00. The van der Waals surface area contributed by atoms with Crippen LogP contribution in [0.3, 0.4) is 0 Å². The first-order valence-corrected chi connectivity index (χ1v) is 8.68. The quantitative estimate of drug-likeness (QED) is 0.413. The number of aromatic nitrogens is 2. The summed E-state index contributed by atoms with van der Waals surface area (Å²) < 4.78 is 19.4. The van der Waals surface area contributed by atoms with Gasteiger partial charge in [-0.25, -0.2) is 9.37 Å². The van der Waals surface area contributed by atoms with Crippen molar-refractivity contribution in [3.8, 4) is 34.0 Å². The molecule has 5 aromatic rings. The van der Waals surface area contributed by atoms with Crippen LogP contribution in [0.5, 0.6) is 0 Å². The molecule has 0 aliphatic heterocycles. The molecule has 130 valence electrons. The number of aromatic amines is 1. The van der Waals surface area contributed by atoms with E-state index in [1.54, 1.807) is 12.1 Å². The Bertz CT molecular complexity index is 1220. The van der Waals surface area contributed by atoms with Gasteiger partial charge in [0.05, 0.1) is 0 Å². The van der Waals surface area contributed by atoms with Gasteiger partial charge in [-0.3, -0.25) is 0 Å². The van der Waals surface area contributed by atoms with Crippen LogP contribution in [0.1, 0.15) is 0 Å². The Balaban J connectivity index is 1.75. The van der Waals surface area contributed by atoms with Gasteiger partial charge in [0.2, 0.25) is 5.89 Å². The van der Waals surface area contributed by atoms with E-state index in [2.05, 4.69) is 11.1 Å². The maximum absolute atomic E-state index is 13.3. The summed E-state index contributed by atoms with van der Waals surface area (Å²) in [6, 6.07) is 24.1. The zero-order valence-corrected chi connectivity index (χ0v) is 14.3. The first-order chi connectivity index (χ1) is 13.3. The number of benzene rings is 3. The third kappa shape index (κ3) is 2.72. The Kier molecular flexibility index (Phi) is 3.61. The van der Waals surface area contributed by atoms with Crippen LogP contribution in [0.15, 0.2) is 89.5 Å². The molecular formula is C23H15FN2O. The number of nitrogens with zero attached hydrogens (tertiary/aromatic N) is 1. The maximum atomic E-state index is 13.3. The number of rotatable bonds is 3. The number of para-hydroxylation sites is 1. The van der Waals surface area contributed by atoms with Crippen LogP contribution < -0.4 is 0 Å². The zero-order valence-electron chi connectivity index (χ0n) is 14.3. The van der Waals surface area contributed by atoms with Crippen LogP contribution in [0.2, 0.25) is 0 Å². The molecule has 0 atom stereocenters. The standard InChI is InChI=1S/C23H15FN2O/c24-17-12-10-16(11-13-17)23-26-21(22(27-23)15-6-2-1-3-7-15)19-14-25-20-9-5-4-8-18(19)20/h1-14,25H. The van der Waals surface area contributed by atoms with Gasteiger partial charge in [0.25, 0.3) is 0 Å². The molecule has 0 bridgehead atoms. The normalized spacial score (nSPS) is 11.1. The smallest absolute Gasteiger partial charge is 0.227 e. The number of nitrogens with one attached hydrogen (secondary N) is 1.